The van der Waals surface area contributed by atoms with Crippen LogP contribution in [0.25, 0.3) is 17.1 Å². The van der Waals surface area contributed by atoms with Gasteiger partial charge in [0.05, 0.1) is 7.11 Å². The summed E-state index contributed by atoms with van der Waals surface area (Å²) >= 11 is 11.7. The minimum Gasteiger partial charge on any atom is -0.497 e. The monoisotopic (exact) mass is 382 g/mol. The molecule has 3 aromatic rings. The van der Waals surface area contributed by atoms with Gasteiger partial charge >= 0.3 is 0 Å². The van der Waals surface area contributed by atoms with Crippen molar-refractivity contribution in [3.8, 4) is 22.8 Å². The minimum absolute atomic E-state index is 0.718. The molecule has 0 fully saturated rings. The number of methoxy groups -OCH3 is 1. The van der Waals surface area contributed by atoms with Gasteiger partial charge in [-0.1, -0.05) is 23.8 Å². The zero-order chi connectivity index (χ0) is 18.1. The summed E-state index contributed by atoms with van der Waals surface area (Å²) in [6, 6.07) is 15.9. The Kier molecular flexibility index (Phi) is 4.79. The fourth-order valence-corrected chi connectivity index (χ4v) is 3.94. The van der Waals surface area contributed by atoms with Crippen LogP contribution < -0.4 is 4.74 Å². The molecule has 2 aromatic carbocycles. The van der Waals surface area contributed by atoms with E-state index in [1.54, 1.807) is 7.11 Å². The Bertz CT molecular complexity index is 994. The van der Waals surface area contributed by atoms with Crippen LogP contribution in [0.15, 0.2) is 48.5 Å². The Hall–Kier alpha value is -2.17. The first-order chi connectivity index (χ1) is 12.7. The zero-order valence-corrected chi connectivity index (χ0v) is 16.1. The first-order valence-electron chi connectivity index (χ1n) is 8.72. The van der Waals surface area contributed by atoms with Gasteiger partial charge in [0.15, 0.2) is 0 Å². The van der Waals surface area contributed by atoms with E-state index in [4.69, 9.17) is 33.5 Å². The van der Waals surface area contributed by atoms with Gasteiger partial charge in [-0.05, 0) is 74.2 Å². The lowest BCUT2D eigenvalue weighted by Crippen LogP contribution is -2.17. The molecule has 1 aromatic heterocycles. The summed E-state index contributed by atoms with van der Waals surface area (Å²) < 4.78 is 8.24. The standard InChI is InChI=1S/C21H19ClN2OS/c1-25-17-12-6-14(7-13-17)20-23-21(26)18-4-2-3-5-19(18)24(20)16-10-8-15(22)9-11-16/h6-13H,2-5H2,1H3. The smallest absolute Gasteiger partial charge is 0.146 e. The molecule has 4 rings (SSSR count). The maximum absolute atomic E-state index is 6.10. The number of hydrogen-bond acceptors (Lipinski definition) is 3. The van der Waals surface area contributed by atoms with E-state index in [0.717, 1.165) is 45.3 Å². The number of fused-ring (bicyclic) bond motifs is 1. The topological polar surface area (TPSA) is 27.1 Å². The molecule has 0 N–H and O–H groups in total. The Labute approximate surface area is 163 Å². The van der Waals surface area contributed by atoms with Gasteiger partial charge < -0.3 is 4.74 Å². The maximum atomic E-state index is 6.10. The highest BCUT2D eigenvalue weighted by molar-refractivity contribution is 7.71. The molecule has 0 unspecified atom stereocenters. The summed E-state index contributed by atoms with van der Waals surface area (Å²) in [5, 5.41) is 0.724. The van der Waals surface area contributed by atoms with Gasteiger partial charge in [0.25, 0.3) is 0 Å². The maximum Gasteiger partial charge on any atom is 0.146 e. The third-order valence-electron chi connectivity index (χ3n) is 4.82. The molecular formula is C21H19ClN2OS. The molecule has 0 aliphatic heterocycles. The molecule has 5 heteroatoms. The predicted octanol–water partition coefficient (Wildman–Crippen LogP) is 5.81. The third-order valence-corrected chi connectivity index (χ3v) is 5.41. The Morgan fingerprint density at radius 2 is 1.69 bits per heavy atom. The van der Waals surface area contributed by atoms with Crippen molar-refractivity contribution in [2.75, 3.05) is 7.11 Å². The highest BCUT2D eigenvalue weighted by atomic mass is 35.5. The predicted molar refractivity (Wildman–Crippen MR) is 108 cm³/mol. The van der Waals surface area contributed by atoms with Gasteiger partial charge in [-0.3, -0.25) is 4.57 Å². The molecule has 26 heavy (non-hydrogen) atoms. The SMILES string of the molecule is COc1ccc(-c2nc(=S)c3c(n2-c2ccc(Cl)cc2)CCCC3)cc1. The highest BCUT2D eigenvalue weighted by Gasteiger charge is 2.20. The summed E-state index contributed by atoms with van der Waals surface area (Å²) in [6.45, 7) is 0. The highest BCUT2D eigenvalue weighted by Crippen LogP contribution is 2.31. The molecule has 0 saturated carbocycles. The van der Waals surface area contributed by atoms with Crippen LogP contribution in [0.1, 0.15) is 24.1 Å². The number of benzene rings is 2. The fraction of sp³-hybridized carbons (Fsp3) is 0.238. The lowest BCUT2D eigenvalue weighted by molar-refractivity contribution is 0.415. The van der Waals surface area contributed by atoms with Crippen LogP contribution in [0, 0.1) is 4.64 Å². The van der Waals surface area contributed by atoms with E-state index in [1.165, 1.54) is 24.1 Å². The minimum atomic E-state index is 0.718. The van der Waals surface area contributed by atoms with Crippen molar-refractivity contribution in [1.82, 2.24) is 9.55 Å². The van der Waals surface area contributed by atoms with Crippen LogP contribution in [-0.2, 0) is 12.8 Å². The first-order valence-corrected chi connectivity index (χ1v) is 9.51. The number of rotatable bonds is 3. The van der Waals surface area contributed by atoms with E-state index in [0.29, 0.717) is 0 Å². The molecule has 3 nitrogen and oxygen atoms in total. The molecule has 0 saturated heterocycles. The number of ether oxygens (including phenoxy) is 1. The molecular weight excluding hydrogens is 364 g/mol. The Balaban J connectivity index is 1.98. The van der Waals surface area contributed by atoms with Crippen LogP contribution in [-0.4, -0.2) is 16.7 Å². The second-order valence-corrected chi connectivity index (χ2v) is 7.24. The Morgan fingerprint density at radius 3 is 2.38 bits per heavy atom. The summed E-state index contributed by atoms with van der Waals surface area (Å²) in [4.78, 5) is 4.81. The third kappa shape index (κ3) is 3.15. The molecule has 1 aliphatic rings. The van der Waals surface area contributed by atoms with Crippen molar-refractivity contribution in [2.45, 2.75) is 25.7 Å². The van der Waals surface area contributed by atoms with Gasteiger partial charge in [-0.15, -0.1) is 0 Å². The van der Waals surface area contributed by atoms with Crippen molar-refractivity contribution in [1.29, 1.82) is 0 Å². The van der Waals surface area contributed by atoms with Crippen molar-refractivity contribution >= 4 is 23.8 Å². The van der Waals surface area contributed by atoms with Crippen LogP contribution in [0.4, 0.5) is 0 Å². The molecule has 0 bridgehead atoms. The summed E-state index contributed by atoms with van der Waals surface area (Å²) in [6.07, 6.45) is 4.34. The van der Waals surface area contributed by atoms with Crippen molar-refractivity contribution in [3.63, 3.8) is 0 Å². The molecule has 1 aliphatic carbocycles. The average Bonchev–Trinajstić information content (AvgIpc) is 2.69. The average molecular weight is 383 g/mol. The van der Waals surface area contributed by atoms with Crippen molar-refractivity contribution < 1.29 is 4.74 Å². The summed E-state index contributed by atoms with van der Waals surface area (Å²) in [5.74, 6) is 1.68. The normalized spacial score (nSPS) is 13.3. The van der Waals surface area contributed by atoms with E-state index in [9.17, 15) is 0 Å². The molecule has 1 heterocycles. The van der Waals surface area contributed by atoms with E-state index in [1.807, 2.05) is 48.5 Å². The zero-order valence-electron chi connectivity index (χ0n) is 14.5. The first kappa shape index (κ1) is 17.3. The van der Waals surface area contributed by atoms with E-state index in [-0.39, 0.29) is 0 Å². The van der Waals surface area contributed by atoms with Gasteiger partial charge in [0.2, 0.25) is 0 Å². The van der Waals surface area contributed by atoms with Crippen LogP contribution in [0.2, 0.25) is 5.02 Å². The van der Waals surface area contributed by atoms with Gasteiger partial charge in [-0.25, -0.2) is 4.98 Å². The van der Waals surface area contributed by atoms with Crippen LogP contribution in [0.5, 0.6) is 5.75 Å². The fourth-order valence-electron chi connectivity index (χ4n) is 3.51. The molecule has 0 spiro atoms. The van der Waals surface area contributed by atoms with Crippen molar-refractivity contribution in [2.24, 2.45) is 0 Å². The molecule has 0 amide bonds. The number of halogens is 1. The molecule has 0 radical (unpaired) electrons. The quantitative estimate of drug-likeness (QED) is 0.535. The van der Waals surface area contributed by atoms with E-state index in [2.05, 4.69) is 4.57 Å². The second kappa shape index (κ2) is 7.22. The van der Waals surface area contributed by atoms with E-state index >= 15 is 0 Å². The summed E-state index contributed by atoms with van der Waals surface area (Å²) in [5.41, 5.74) is 4.55. The lowest BCUT2D eigenvalue weighted by atomic mass is 9.96. The Morgan fingerprint density at radius 1 is 1.00 bits per heavy atom. The molecule has 0 atom stereocenters. The van der Waals surface area contributed by atoms with Crippen LogP contribution >= 0.6 is 23.8 Å². The van der Waals surface area contributed by atoms with Crippen molar-refractivity contribution in [3.05, 3.63) is 69.5 Å². The van der Waals surface area contributed by atoms with E-state index < -0.39 is 0 Å². The van der Waals surface area contributed by atoms with Gasteiger partial charge in [-0.2, -0.15) is 0 Å². The largest absolute Gasteiger partial charge is 0.497 e. The second-order valence-electron chi connectivity index (χ2n) is 6.41. The van der Waals surface area contributed by atoms with Gasteiger partial charge in [0, 0.05) is 27.5 Å². The number of aromatic nitrogens is 2. The van der Waals surface area contributed by atoms with Gasteiger partial charge in [0.1, 0.15) is 16.2 Å². The number of hydrogen-bond donors (Lipinski definition) is 0. The summed E-state index contributed by atoms with van der Waals surface area (Å²) in [7, 11) is 1.67. The molecule has 132 valence electrons. The lowest BCUT2D eigenvalue weighted by Gasteiger charge is -2.24. The number of nitrogens with zero attached hydrogens (tertiary/aromatic N) is 2. The van der Waals surface area contributed by atoms with Crippen LogP contribution in [0.3, 0.4) is 0 Å².